The van der Waals surface area contributed by atoms with Crippen molar-refractivity contribution in [1.29, 1.82) is 0 Å². The van der Waals surface area contributed by atoms with Crippen molar-refractivity contribution in [2.75, 3.05) is 6.66 Å². The molecule has 0 amide bonds. The van der Waals surface area contributed by atoms with Gasteiger partial charge >= 0.3 is 0 Å². The standard InChI is InChI=1S/C7H7Cl2N2O2P/c1-14(8,9)10-6-2-4-7(5-3-6)11(12)13/h2-5H,1H3. The molecule has 0 aromatic heterocycles. The molecule has 7 heteroatoms. The summed E-state index contributed by atoms with van der Waals surface area (Å²) in [7, 11) is 0. The summed E-state index contributed by atoms with van der Waals surface area (Å²) in [6.07, 6.45) is 0. The van der Waals surface area contributed by atoms with Crippen LogP contribution in [0.2, 0.25) is 0 Å². The zero-order valence-corrected chi connectivity index (χ0v) is 9.63. The lowest BCUT2D eigenvalue weighted by atomic mass is 10.3. The van der Waals surface area contributed by atoms with Crippen molar-refractivity contribution in [3.05, 3.63) is 34.4 Å². The van der Waals surface area contributed by atoms with Crippen molar-refractivity contribution in [3.8, 4) is 0 Å². The van der Waals surface area contributed by atoms with E-state index >= 15 is 0 Å². The monoisotopic (exact) mass is 252 g/mol. The van der Waals surface area contributed by atoms with Gasteiger partial charge in [0.2, 0.25) is 0 Å². The molecule has 4 nitrogen and oxygen atoms in total. The Balaban J connectivity index is 3.01. The van der Waals surface area contributed by atoms with Gasteiger partial charge in [-0.25, -0.2) is 4.74 Å². The Morgan fingerprint density at radius 1 is 1.36 bits per heavy atom. The van der Waals surface area contributed by atoms with Crippen molar-refractivity contribution < 1.29 is 4.92 Å². The van der Waals surface area contributed by atoms with Gasteiger partial charge in [0, 0.05) is 12.1 Å². The minimum absolute atomic E-state index is 0.0214. The van der Waals surface area contributed by atoms with E-state index in [0.717, 1.165) is 0 Å². The van der Waals surface area contributed by atoms with Gasteiger partial charge in [0.05, 0.1) is 10.6 Å². The predicted molar refractivity (Wildman–Crippen MR) is 59.7 cm³/mol. The summed E-state index contributed by atoms with van der Waals surface area (Å²) >= 11 is 11.5. The van der Waals surface area contributed by atoms with Gasteiger partial charge in [0.25, 0.3) is 5.69 Å². The van der Waals surface area contributed by atoms with Gasteiger partial charge < -0.3 is 0 Å². The van der Waals surface area contributed by atoms with Crippen LogP contribution < -0.4 is 0 Å². The number of rotatable bonds is 2. The molecule has 0 N–H and O–H groups in total. The molecular weight excluding hydrogens is 246 g/mol. The largest absolute Gasteiger partial charge is 0.269 e. The molecule has 0 fully saturated rings. The van der Waals surface area contributed by atoms with Crippen molar-refractivity contribution in [2.45, 2.75) is 0 Å². The number of nitro groups is 1. The van der Waals surface area contributed by atoms with Crippen LogP contribution in [0, 0.1) is 10.1 Å². The summed E-state index contributed by atoms with van der Waals surface area (Å²) < 4.78 is 4.01. The van der Waals surface area contributed by atoms with Gasteiger partial charge in [0.15, 0.2) is 0 Å². The van der Waals surface area contributed by atoms with Gasteiger partial charge in [-0.1, -0.05) is 22.5 Å². The molecule has 0 atom stereocenters. The second kappa shape index (κ2) is 4.30. The lowest BCUT2D eigenvalue weighted by Gasteiger charge is -2.00. The van der Waals surface area contributed by atoms with Crippen LogP contribution in [0.3, 0.4) is 0 Å². The summed E-state index contributed by atoms with van der Waals surface area (Å²) in [6, 6.07) is 5.76. The van der Waals surface area contributed by atoms with E-state index in [2.05, 4.69) is 4.74 Å². The maximum Gasteiger partial charge on any atom is 0.269 e. The SMILES string of the molecule is CP(Cl)(Cl)=Nc1ccc([N+](=O)[O-])cc1. The summed E-state index contributed by atoms with van der Waals surface area (Å²) in [5.41, 5.74) is 0.574. The molecule has 0 saturated heterocycles. The van der Waals surface area contributed by atoms with Crippen LogP contribution in [0.5, 0.6) is 0 Å². The van der Waals surface area contributed by atoms with Crippen LogP contribution in [0.25, 0.3) is 0 Å². The minimum atomic E-state index is -2.28. The molecule has 1 aromatic carbocycles. The van der Waals surface area contributed by atoms with Gasteiger partial charge in [-0.15, -0.1) is 0 Å². The highest BCUT2D eigenvalue weighted by molar-refractivity contribution is 8.09. The first-order valence-corrected chi connectivity index (χ1v) is 7.62. The van der Waals surface area contributed by atoms with Gasteiger partial charge in [-0.2, -0.15) is 0 Å². The molecule has 0 saturated carbocycles. The fourth-order valence-corrected chi connectivity index (χ4v) is 1.91. The summed E-state index contributed by atoms with van der Waals surface area (Å²) in [5.74, 6) is -2.28. The highest BCUT2D eigenvalue weighted by Gasteiger charge is 2.05. The molecule has 1 aromatic rings. The van der Waals surface area contributed by atoms with Crippen LogP contribution in [-0.4, -0.2) is 11.6 Å². The van der Waals surface area contributed by atoms with Gasteiger partial charge in [-0.05, 0) is 18.8 Å². The van der Waals surface area contributed by atoms with E-state index in [9.17, 15) is 10.1 Å². The lowest BCUT2D eigenvalue weighted by Crippen LogP contribution is -1.85. The fourth-order valence-electron chi connectivity index (χ4n) is 0.844. The molecular formula is C7H7Cl2N2O2P. The molecule has 14 heavy (non-hydrogen) atoms. The fraction of sp³-hybridized carbons (Fsp3) is 0.143. The smallest absolute Gasteiger partial charge is 0.258 e. The normalized spacial score (nSPS) is 11.1. The molecule has 76 valence electrons. The van der Waals surface area contributed by atoms with E-state index in [1.165, 1.54) is 24.3 Å². The van der Waals surface area contributed by atoms with E-state index in [-0.39, 0.29) is 5.69 Å². The number of non-ortho nitro benzene ring substituents is 1. The van der Waals surface area contributed by atoms with Crippen molar-refractivity contribution in [3.63, 3.8) is 0 Å². The molecule has 0 spiro atoms. The maximum atomic E-state index is 10.3. The molecule has 0 aliphatic heterocycles. The van der Waals surface area contributed by atoms with E-state index in [0.29, 0.717) is 5.69 Å². The Morgan fingerprint density at radius 2 is 1.86 bits per heavy atom. The Kier molecular flexibility index (Phi) is 3.53. The Labute approximate surface area is 90.6 Å². The van der Waals surface area contributed by atoms with Gasteiger partial charge in [0.1, 0.15) is 5.76 Å². The summed E-state index contributed by atoms with van der Waals surface area (Å²) in [6.45, 7) is 1.62. The molecule has 0 bridgehead atoms. The number of hydrogen-bond donors (Lipinski definition) is 0. The summed E-state index contributed by atoms with van der Waals surface area (Å²) in [4.78, 5) is 9.85. The van der Waals surface area contributed by atoms with Crippen molar-refractivity contribution in [1.82, 2.24) is 0 Å². The predicted octanol–water partition coefficient (Wildman–Crippen LogP) is 4.36. The Bertz CT molecular complexity index is 390. The Morgan fingerprint density at radius 3 is 2.21 bits per heavy atom. The molecule has 0 radical (unpaired) electrons. The van der Waals surface area contributed by atoms with Crippen LogP contribution in [0.15, 0.2) is 29.0 Å². The van der Waals surface area contributed by atoms with Crippen molar-refractivity contribution >= 4 is 39.6 Å². The van der Waals surface area contributed by atoms with E-state index in [4.69, 9.17) is 22.5 Å². The zero-order chi connectivity index (χ0) is 10.8. The first-order valence-electron chi connectivity index (χ1n) is 3.62. The Hall–Kier alpha value is -0.570. The van der Waals surface area contributed by atoms with Crippen molar-refractivity contribution in [2.24, 2.45) is 4.74 Å². The highest BCUT2D eigenvalue weighted by atomic mass is 35.9. The third-order valence-corrected chi connectivity index (χ3v) is 2.39. The molecule has 0 unspecified atom stereocenters. The average molecular weight is 253 g/mol. The van der Waals surface area contributed by atoms with Crippen LogP contribution in [0.1, 0.15) is 0 Å². The molecule has 0 heterocycles. The number of nitro benzene ring substituents is 1. The molecule has 0 aliphatic rings. The number of halogens is 2. The van der Waals surface area contributed by atoms with Crippen LogP contribution in [-0.2, 0) is 0 Å². The highest BCUT2D eigenvalue weighted by Crippen LogP contribution is 2.58. The third-order valence-electron chi connectivity index (χ3n) is 1.35. The van der Waals surface area contributed by atoms with Crippen LogP contribution >= 0.6 is 28.2 Å². The number of nitrogens with zero attached hydrogens (tertiary/aromatic N) is 2. The number of benzene rings is 1. The third kappa shape index (κ3) is 3.66. The van der Waals surface area contributed by atoms with Gasteiger partial charge in [-0.3, -0.25) is 10.1 Å². The van der Waals surface area contributed by atoms with E-state index in [1.54, 1.807) is 6.66 Å². The van der Waals surface area contributed by atoms with E-state index in [1.807, 2.05) is 0 Å². The van der Waals surface area contributed by atoms with Crippen LogP contribution in [0.4, 0.5) is 11.4 Å². The van der Waals surface area contributed by atoms with E-state index < -0.39 is 10.7 Å². The first kappa shape index (κ1) is 11.5. The summed E-state index contributed by atoms with van der Waals surface area (Å²) in [5, 5.41) is 10.3. The number of hydrogen-bond acceptors (Lipinski definition) is 3. The molecule has 0 aliphatic carbocycles. The minimum Gasteiger partial charge on any atom is -0.258 e. The topological polar surface area (TPSA) is 55.5 Å². The quantitative estimate of drug-likeness (QED) is 0.446. The second-order valence-corrected chi connectivity index (χ2v) is 8.80. The molecule has 1 rings (SSSR count). The maximum absolute atomic E-state index is 10.3. The lowest BCUT2D eigenvalue weighted by molar-refractivity contribution is -0.384. The zero-order valence-electron chi connectivity index (χ0n) is 7.22. The average Bonchev–Trinajstić information content (AvgIpc) is 2.02. The second-order valence-electron chi connectivity index (χ2n) is 2.63. The first-order chi connectivity index (χ1) is 6.38.